The van der Waals surface area contributed by atoms with Crippen LogP contribution in [0.5, 0.6) is 0 Å². The SMILES string of the molecule is CN1C[C@@H]2CC[C@H](CC1=O)N2C(=O)c1cn(-c2ccc3c(c2)CN(C2CCC(=O)NC2=O)C3=O)nn1. The van der Waals surface area contributed by atoms with Gasteiger partial charge in [-0.1, -0.05) is 5.21 Å². The van der Waals surface area contributed by atoms with E-state index in [0.29, 0.717) is 30.6 Å². The highest BCUT2D eigenvalue weighted by molar-refractivity contribution is 6.05. The van der Waals surface area contributed by atoms with Crippen LogP contribution in [0.3, 0.4) is 0 Å². The smallest absolute Gasteiger partial charge is 0.276 e. The number of amides is 5. The maximum atomic E-state index is 13.3. The molecule has 5 heterocycles. The number of imide groups is 1. The number of hydrogen-bond donors (Lipinski definition) is 1. The zero-order chi connectivity index (χ0) is 25.1. The Bertz CT molecular complexity index is 1320. The number of carbonyl (C=O) groups is 5. The van der Waals surface area contributed by atoms with Crippen LogP contribution in [0.25, 0.3) is 5.69 Å². The molecular formula is C24H25N7O5. The molecule has 2 bridgehead atoms. The highest BCUT2D eigenvalue weighted by Gasteiger charge is 2.43. The van der Waals surface area contributed by atoms with E-state index in [1.165, 1.54) is 9.58 Å². The molecule has 12 nitrogen and oxygen atoms in total. The van der Waals surface area contributed by atoms with E-state index in [4.69, 9.17) is 0 Å². The number of nitrogens with one attached hydrogen (secondary N) is 1. The summed E-state index contributed by atoms with van der Waals surface area (Å²) in [6.45, 7) is 0.755. The monoisotopic (exact) mass is 491 g/mol. The summed E-state index contributed by atoms with van der Waals surface area (Å²) in [6, 6.07) is 4.35. The fraction of sp³-hybridized carbons (Fsp3) is 0.458. The van der Waals surface area contributed by atoms with Crippen LogP contribution >= 0.6 is 0 Å². The minimum atomic E-state index is -0.684. The van der Waals surface area contributed by atoms with Gasteiger partial charge in [0.15, 0.2) is 5.69 Å². The maximum Gasteiger partial charge on any atom is 0.276 e. The van der Waals surface area contributed by atoms with Crippen LogP contribution < -0.4 is 5.32 Å². The van der Waals surface area contributed by atoms with E-state index in [-0.39, 0.29) is 54.4 Å². The number of likely N-dealkylation sites (N-methyl/N-ethyl adjacent to an activating group) is 1. The molecule has 2 aromatic rings. The predicted octanol–water partition coefficient (Wildman–Crippen LogP) is -0.136. The maximum absolute atomic E-state index is 13.3. The number of aromatic nitrogens is 3. The van der Waals surface area contributed by atoms with Crippen LogP contribution in [-0.4, -0.2) is 90.9 Å². The van der Waals surface area contributed by atoms with Gasteiger partial charge in [-0.3, -0.25) is 29.3 Å². The van der Waals surface area contributed by atoms with Crippen molar-refractivity contribution in [2.45, 2.75) is 56.8 Å². The van der Waals surface area contributed by atoms with E-state index in [0.717, 1.165) is 18.4 Å². The van der Waals surface area contributed by atoms with Gasteiger partial charge in [-0.05, 0) is 43.0 Å². The summed E-state index contributed by atoms with van der Waals surface area (Å²) in [5.41, 5.74) is 2.06. The summed E-state index contributed by atoms with van der Waals surface area (Å²) in [5, 5.41) is 10.5. The Morgan fingerprint density at radius 2 is 1.89 bits per heavy atom. The highest BCUT2D eigenvalue weighted by atomic mass is 16.2. The zero-order valence-electron chi connectivity index (χ0n) is 19.7. The van der Waals surface area contributed by atoms with Gasteiger partial charge in [-0.15, -0.1) is 5.10 Å². The molecule has 36 heavy (non-hydrogen) atoms. The number of benzene rings is 1. The van der Waals surface area contributed by atoms with Crippen molar-refractivity contribution in [1.29, 1.82) is 0 Å². The normalized spacial score (nSPS) is 25.8. The van der Waals surface area contributed by atoms with Crippen molar-refractivity contribution in [3.8, 4) is 5.69 Å². The number of fused-ring (bicyclic) bond motifs is 3. The van der Waals surface area contributed by atoms with Crippen LogP contribution in [0.15, 0.2) is 24.4 Å². The van der Waals surface area contributed by atoms with E-state index >= 15 is 0 Å². The number of nitrogens with zero attached hydrogens (tertiary/aromatic N) is 6. The molecule has 3 fully saturated rings. The first kappa shape index (κ1) is 22.4. The second-order valence-corrected chi connectivity index (χ2v) is 9.87. The Kier molecular flexibility index (Phi) is 5.13. The van der Waals surface area contributed by atoms with E-state index in [9.17, 15) is 24.0 Å². The molecule has 4 aliphatic heterocycles. The van der Waals surface area contributed by atoms with Gasteiger partial charge in [-0.25, -0.2) is 4.68 Å². The largest absolute Gasteiger partial charge is 0.344 e. The van der Waals surface area contributed by atoms with Crippen molar-refractivity contribution in [2.75, 3.05) is 13.6 Å². The molecule has 3 atom stereocenters. The van der Waals surface area contributed by atoms with E-state index in [1.807, 2.05) is 0 Å². The third-order valence-corrected chi connectivity index (χ3v) is 7.66. The van der Waals surface area contributed by atoms with Gasteiger partial charge in [0.1, 0.15) is 6.04 Å². The average molecular weight is 492 g/mol. The van der Waals surface area contributed by atoms with Gasteiger partial charge in [-0.2, -0.15) is 0 Å². The lowest BCUT2D eigenvalue weighted by atomic mass is 10.0. The second kappa shape index (κ2) is 8.25. The van der Waals surface area contributed by atoms with Crippen molar-refractivity contribution >= 4 is 29.5 Å². The van der Waals surface area contributed by atoms with E-state index in [2.05, 4.69) is 15.6 Å². The average Bonchev–Trinajstić information content (AvgIpc) is 3.54. The van der Waals surface area contributed by atoms with Crippen molar-refractivity contribution in [2.24, 2.45) is 0 Å². The quantitative estimate of drug-likeness (QED) is 0.590. The number of hydrogen-bond acceptors (Lipinski definition) is 7. The van der Waals surface area contributed by atoms with Crippen molar-refractivity contribution in [3.63, 3.8) is 0 Å². The van der Waals surface area contributed by atoms with Gasteiger partial charge in [0.2, 0.25) is 17.7 Å². The van der Waals surface area contributed by atoms with E-state index in [1.54, 1.807) is 41.2 Å². The lowest BCUT2D eigenvalue weighted by molar-refractivity contribution is -0.137. The van der Waals surface area contributed by atoms with Gasteiger partial charge in [0.25, 0.3) is 11.8 Å². The summed E-state index contributed by atoms with van der Waals surface area (Å²) in [4.78, 5) is 67.2. The van der Waals surface area contributed by atoms with Crippen LogP contribution in [-0.2, 0) is 20.9 Å². The van der Waals surface area contributed by atoms with Crippen LogP contribution in [0.1, 0.15) is 58.5 Å². The van der Waals surface area contributed by atoms with Gasteiger partial charge in [0, 0.05) is 44.6 Å². The van der Waals surface area contributed by atoms with Crippen molar-refractivity contribution < 1.29 is 24.0 Å². The molecule has 4 aliphatic rings. The van der Waals surface area contributed by atoms with Gasteiger partial charge >= 0.3 is 0 Å². The number of piperidine rings is 1. The molecule has 1 aromatic carbocycles. The second-order valence-electron chi connectivity index (χ2n) is 9.87. The fourth-order valence-electron chi connectivity index (χ4n) is 5.77. The van der Waals surface area contributed by atoms with Gasteiger partial charge < -0.3 is 14.7 Å². The van der Waals surface area contributed by atoms with E-state index < -0.39 is 11.9 Å². The summed E-state index contributed by atoms with van der Waals surface area (Å²) >= 11 is 0. The van der Waals surface area contributed by atoms with Gasteiger partial charge in [0.05, 0.1) is 17.9 Å². The molecular weight excluding hydrogens is 466 g/mol. The predicted molar refractivity (Wildman–Crippen MR) is 123 cm³/mol. The first-order valence-corrected chi connectivity index (χ1v) is 12.1. The standard InChI is InChI=1S/C24H25N7O5/c1-28-11-16-3-2-15(9-21(28)33)31(16)24(36)18-12-30(27-26-18)14-4-5-17-13(8-14)10-29(23(17)35)19-6-7-20(32)25-22(19)34/h4-5,8,12,15-16,19H,2-3,6-7,9-11H2,1H3,(H,25,32,34)/t15-,16+,19?/m1/s1. The lowest BCUT2D eigenvalue weighted by Gasteiger charge is -2.29. The molecule has 0 saturated carbocycles. The number of carbonyl (C=O) groups excluding carboxylic acids is 5. The number of rotatable bonds is 3. The minimum Gasteiger partial charge on any atom is -0.344 e. The molecule has 0 spiro atoms. The molecule has 5 amide bonds. The summed E-state index contributed by atoms with van der Waals surface area (Å²) in [7, 11) is 1.77. The first-order chi connectivity index (χ1) is 17.3. The van der Waals surface area contributed by atoms with Crippen LogP contribution in [0.2, 0.25) is 0 Å². The molecule has 186 valence electrons. The summed E-state index contributed by atoms with van der Waals surface area (Å²) < 4.78 is 1.49. The molecule has 1 aromatic heterocycles. The summed E-state index contributed by atoms with van der Waals surface area (Å²) in [5.74, 6) is -1.23. The van der Waals surface area contributed by atoms with Crippen molar-refractivity contribution in [1.82, 2.24) is 35.0 Å². The molecule has 12 heteroatoms. The van der Waals surface area contributed by atoms with Crippen LogP contribution in [0, 0.1) is 0 Å². The number of likely N-dealkylation sites (tertiary alicyclic amines) is 1. The fourth-order valence-corrected chi connectivity index (χ4v) is 5.77. The molecule has 6 rings (SSSR count). The molecule has 0 aliphatic carbocycles. The summed E-state index contributed by atoms with van der Waals surface area (Å²) in [6.07, 6.45) is 4.02. The topological polar surface area (TPSA) is 138 Å². The Morgan fingerprint density at radius 1 is 1.08 bits per heavy atom. The lowest BCUT2D eigenvalue weighted by Crippen LogP contribution is -2.52. The molecule has 3 saturated heterocycles. The Balaban J connectivity index is 1.21. The van der Waals surface area contributed by atoms with Crippen molar-refractivity contribution in [3.05, 3.63) is 41.2 Å². The third kappa shape index (κ3) is 3.55. The Morgan fingerprint density at radius 3 is 2.69 bits per heavy atom. The first-order valence-electron chi connectivity index (χ1n) is 12.1. The molecule has 1 N–H and O–H groups in total. The molecule has 1 unspecified atom stereocenters. The third-order valence-electron chi connectivity index (χ3n) is 7.66. The molecule has 0 radical (unpaired) electrons. The Hall–Kier alpha value is -4.09. The Labute approximate surface area is 206 Å². The van der Waals surface area contributed by atoms with Crippen LogP contribution in [0.4, 0.5) is 0 Å². The zero-order valence-corrected chi connectivity index (χ0v) is 19.7. The minimum absolute atomic E-state index is 0.0339. The highest BCUT2D eigenvalue weighted by Crippen LogP contribution is 2.32.